The molecule has 0 radical (unpaired) electrons. The molecule has 0 bridgehead atoms. The van der Waals surface area contributed by atoms with Gasteiger partial charge in [-0.3, -0.25) is 4.79 Å². The molecule has 0 unspecified atom stereocenters. The van der Waals surface area contributed by atoms with Crippen LogP contribution in [0.1, 0.15) is 25.0 Å². The quantitative estimate of drug-likeness (QED) is 0.590. The Labute approximate surface area is 146 Å². The second-order valence-electron chi connectivity index (χ2n) is 5.58. The van der Waals surface area contributed by atoms with E-state index in [1.165, 1.54) is 12.3 Å². The van der Waals surface area contributed by atoms with Gasteiger partial charge in [-0.05, 0) is 31.0 Å². The average Bonchev–Trinajstić information content (AvgIpc) is 3.27. The fourth-order valence-corrected chi connectivity index (χ4v) is 3.32. The number of alkyl halides is 3. The third-order valence-electron chi connectivity index (χ3n) is 3.78. The number of hydrogen-bond acceptors (Lipinski definition) is 5. The first-order valence-electron chi connectivity index (χ1n) is 7.84. The minimum Gasteiger partial charge on any atom is -0.463 e. The van der Waals surface area contributed by atoms with E-state index >= 15 is 0 Å². The van der Waals surface area contributed by atoms with Crippen molar-refractivity contribution in [3.8, 4) is 11.5 Å². The van der Waals surface area contributed by atoms with Crippen molar-refractivity contribution in [3.63, 3.8) is 0 Å². The van der Waals surface area contributed by atoms with Crippen LogP contribution in [0.3, 0.4) is 0 Å². The number of amides is 1. The summed E-state index contributed by atoms with van der Waals surface area (Å²) < 4.78 is 44.3. The molecule has 3 heterocycles. The Bertz CT molecular complexity index is 729. The van der Waals surface area contributed by atoms with Crippen LogP contribution < -0.4 is 0 Å². The normalized spacial score (nSPS) is 14.9. The number of carbonyl (C=O) groups is 1. The van der Waals surface area contributed by atoms with Crippen LogP contribution in [0.2, 0.25) is 0 Å². The molecular formula is C16H16F3N3O2S. The van der Waals surface area contributed by atoms with Gasteiger partial charge >= 0.3 is 6.18 Å². The molecule has 0 N–H and O–H groups in total. The highest BCUT2D eigenvalue weighted by Crippen LogP contribution is 2.32. The molecule has 0 aromatic carbocycles. The largest absolute Gasteiger partial charge is 0.463 e. The topological polar surface area (TPSA) is 59.2 Å². The van der Waals surface area contributed by atoms with Crippen LogP contribution in [-0.2, 0) is 11.0 Å². The Morgan fingerprint density at radius 2 is 2.04 bits per heavy atom. The van der Waals surface area contributed by atoms with Crippen molar-refractivity contribution >= 4 is 17.7 Å². The predicted molar refractivity (Wildman–Crippen MR) is 85.9 cm³/mol. The number of hydrogen-bond donors (Lipinski definition) is 0. The molecule has 3 rings (SSSR count). The Balaban J connectivity index is 1.71. The molecule has 9 heteroatoms. The van der Waals surface area contributed by atoms with Gasteiger partial charge in [0.25, 0.3) is 0 Å². The van der Waals surface area contributed by atoms with E-state index in [9.17, 15) is 18.0 Å². The van der Waals surface area contributed by atoms with E-state index in [0.29, 0.717) is 5.75 Å². The van der Waals surface area contributed by atoms with Crippen molar-refractivity contribution < 1.29 is 22.4 Å². The van der Waals surface area contributed by atoms with Gasteiger partial charge in [0.15, 0.2) is 10.9 Å². The molecule has 0 atom stereocenters. The lowest BCUT2D eigenvalue weighted by atomic mass is 10.2. The van der Waals surface area contributed by atoms with E-state index in [4.69, 9.17) is 4.42 Å². The number of thioether (sulfide) groups is 1. The zero-order valence-electron chi connectivity index (χ0n) is 13.3. The molecule has 0 spiro atoms. The number of nitrogens with zero attached hydrogens (tertiary/aromatic N) is 3. The minimum atomic E-state index is -4.58. The first-order valence-corrected chi connectivity index (χ1v) is 8.83. The van der Waals surface area contributed by atoms with Gasteiger partial charge in [0.1, 0.15) is 11.4 Å². The van der Waals surface area contributed by atoms with Crippen molar-refractivity contribution in [2.24, 2.45) is 0 Å². The molecule has 1 aliphatic rings. The molecule has 1 saturated heterocycles. The Kier molecular flexibility index (Phi) is 5.31. The van der Waals surface area contributed by atoms with E-state index in [1.54, 1.807) is 11.0 Å². The minimum absolute atomic E-state index is 0.0169. The van der Waals surface area contributed by atoms with E-state index in [0.717, 1.165) is 43.8 Å². The second-order valence-corrected chi connectivity index (χ2v) is 6.64. The summed E-state index contributed by atoms with van der Waals surface area (Å²) >= 11 is 1.04. The molecule has 5 nitrogen and oxygen atoms in total. The summed E-state index contributed by atoms with van der Waals surface area (Å²) in [5.41, 5.74) is -0.956. The molecule has 2 aromatic heterocycles. The summed E-state index contributed by atoms with van der Waals surface area (Å²) in [6, 6.07) is 3.97. The van der Waals surface area contributed by atoms with Gasteiger partial charge in [-0.2, -0.15) is 13.2 Å². The molecule has 25 heavy (non-hydrogen) atoms. The summed E-state index contributed by atoms with van der Waals surface area (Å²) in [5.74, 6) is 0.583. The van der Waals surface area contributed by atoms with Crippen molar-refractivity contribution in [2.45, 2.75) is 30.6 Å². The van der Waals surface area contributed by atoms with Crippen LogP contribution in [0, 0.1) is 0 Å². The maximum Gasteiger partial charge on any atom is 0.433 e. The van der Waals surface area contributed by atoms with Crippen LogP contribution in [-0.4, -0.2) is 39.6 Å². The van der Waals surface area contributed by atoms with Gasteiger partial charge in [-0.1, -0.05) is 11.8 Å². The van der Waals surface area contributed by atoms with Crippen molar-refractivity contribution in [2.75, 3.05) is 18.8 Å². The highest BCUT2D eigenvalue weighted by Gasteiger charge is 2.34. The third kappa shape index (κ3) is 4.53. The Hall–Kier alpha value is -2.03. The summed E-state index contributed by atoms with van der Waals surface area (Å²) in [5, 5.41) is -0.0181. The number of aromatic nitrogens is 2. The third-order valence-corrected chi connectivity index (χ3v) is 4.62. The zero-order chi connectivity index (χ0) is 17.9. The summed E-state index contributed by atoms with van der Waals surface area (Å²) in [6.45, 7) is 1.51. The molecule has 0 saturated carbocycles. The van der Waals surface area contributed by atoms with E-state index in [1.807, 2.05) is 0 Å². The molecule has 1 amide bonds. The predicted octanol–water partition coefficient (Wildman–Crippen LogP) is 3.86. The monoisotopic (exact) mass is 371 g/mol. The van der Waals surface area contributed by atoms with Crippen molar-refractivity contribution in [3.05, 3.63) is 30.2 Å². The van der Waals surface area contributed by atoms with Crippen LogP contribution in [0.4, 0.5) is 13.2 Å². The second kappa shape index (κ2) is 7.47. The summed E-state index contributed by atoms with van der Waals surface area (Å²) in [4.78, 5) is 21.5. The zero-order valence-corrected chi connectivity index (χ0v) is 14.1. The number of carbonyl (C=O) groups excluding carboxylic acids is 1. The molecule has 0 aliphatic carbocycles. The number of rotatable bonds is 5. The molecule has 1 aliphatic heterocycles. The van der Waals surface area contributed by atoms with E-state index in [-0.39, 0.29) is 28.9 Å². The highest BCUT2D eigenvalue weighted by atomic mass is 32.2. The van der Waals surface area contributed by atoms with Gasteiger partial charge in [-0.25, -0.2) is 9.97 Å². The first-order chi connectivity index (χ1) is 11.9. The van der Waals surface area contributed by atoms with Gasteiger partial charge in [0, 0.05) is 25.3 Å². The Morgan fingerprint density at radius 3 is 2.68 bits per heavy atom. The van der Waals surface area contributed by atoms with Crippen molar-refractivity contribution in [1.29, 1.82) is 0 Å². The van der Waals surface area contributed by atoms with E-state index < -0.39 is 11.9 Å². The lowest BCUT2D eigenvalue weighted by Crippen LogP contribution is -2.27. The van der Waals surface area contributed by atoms with Gasteiger partial charge < -0.3 is 9.32 Å². The van der Waals surface area contributed by atoms with Gasteiger partial charge in [0.05, 0.1) is 6.26 Å². The molecule has 2 aromatic rings. The lowest BCUT2D eigenvalue weighted by molar-refractivity contribution is -0.141. The molecular weight excluding hydrogens is 355 g/mol. The van der Waals surface area contributed by atoms with Crippen LogP contribution >= 0.6 is 11.8 Å². The summed E-state index contributed by atoms with van der Waals surface area (Å²) in [6.07, 6.45) is -0.957. The van der Waals surface area contributed by atoms with Crippen LogP contribution in [0.25, 0.3) is 11.5 Å². The van der Waals surface area contributed by atoms with Gasteiger partial charge in [0.2, 0.25) is 5.91 Å². The number of likely N-dealkylation sites (tertiary alicyclic amines) is 1. The van der Waals surface area contributed by atoms with Crippen LogP contribution in [0.15, 0.2) is 34.0 Å². The van der Waals surface area contributed by atoms with E-state index in [2.05, 4.69) is 9.97 Å². The SMILES string of the molecule is O=C(CCSc1nc(-c2ccco2)cc(C(F)(F)F)n1)N1CCCC1. The standard InChI is InChI=1S/C16H16F3N3O2S/c17-16(18,19)13-10-11(12-4-3-8-24-12)20-15(21-13)25-9-5-14(23)22-6-1-2-7-22/h3-4,8,10H,1-2,5-7,9H2. The number of halogens is 3. The smallest absolute Gasteiger partial charge is 0.433 e. The highest BCUT2D eigenvalue weighted by molar-refractivity contribution is 7.99. The van der Waals surface area contributed by atoms with Crippen molar-refractivity contribution in [1.82, 2.24) is 14.9 Å². The molecule has 1 fully saturated rings. The Morgan fingerprint density at radius 1 is 1.28 bits per heavy atom. The lowest BCUT2D eigenvalue weighted by Gasteiger charge is -2.14. The fraction of sp³-hybridized carbons (Fsp3) is 0.438. The summed E-state index contributed by atoms with van der Waals surface area (Å²) in [7, 11) is 0. The number of furan rings is 1. The first kappa shape index (κ1) is 17.8. The van der Waals surface area contributed by atoms with Crippen LogP contribution in [0.5, 0.6) is 0 Å². The molecule has 134 valence electrons. The maximum atomic E-state index is 13.1. The fourth-order valence-electron chi connectivity index (χ4n) is 2.54. The average molecular weight is 371 g/mol. The van der Waals surface area contributed by atoms with Gasteiger partial charge in [-0.15, -0.1) is 0 Å². The maximum absolute atomic E-state index is 13.1.